The number of nitrogens with zero attached hydrogens (tertiary/aromatic N) is 1. The Balaban J connectivity index is 1.84. The van der Waals surface area contributed by atoms with E-state index in [4.69, 9.17) is 4.74 Å². The van der Waals surface area contributed by atoms with Gasteiger partial charge in [-0.05, 0) is 53.3 Å². The summed E-state index contributed by atoms with van der Waals surface area (Å²) in [6.45, 7) is 1.98. The summed E-state index contributed by atoms with van der Waals surface area (Å²) >= 11 is 2.18. The van der Waals surface area contributed by atoms with Gasteiger partial charge in [-0.25, -0.2) is 0 Å². The van der Waals surface area contributed by atoms with Crippen molar-refractivity contribution in [3.63, 3.8) is 0 Å². The third-order valence-corrected chi connectivity index (χ3v) is 5.08. The molecule has 5 nitrogen and oxygen atoms in total. The van der Waals surface area contributed by atoms with Gasteiger partial charge in [0.15, 0.2) is 5.82 Å². The van der Waals surface area contributed by atoms with Crippen molar-refractivity contribution in [2.75, 3.05) is 12.4 Å². The van der Waals surface area contributed by atoms with Crippen LogP contribution in [0.5, 0.6) is 5.75 Å². The highest BCUT2D eigenvalue weighted by Crippen LogP contribution is 2.29. The molecule has 1 amide bonds. The smallest absolute Gasteiger partial charge is 0.257 e. The number of methoxy groups -OCH3 is 1. The summed E-state index contributed by atoms with van der Waals surface area (Å²) in [5.74, 6) is 1.03. The molecule has 0 aliphatic rings. The SMILES string of the molecule is COc1ccccc1-c1cc(NC(=O)c2cccc(C)c2I)n[nH]1. The largest absolute Gasteiger partial charge is 0.496 e. The minimum absolute atomic E-state index is 0.179. The average Bonchev–Trinajstić information content (AvgIpc) is 3.05. The second kappa shape index (κ2) is 7.04. The van der Waals surface area contributed by atoms with Gasteiger partial charge < -0.3 is 10.1 Å². The number of halogens is 1. The van der Waals surface area contributed by atoms with Crippen molar-refractivity contribution in [3.05, 3.63) is 63.2 Å². The zero-order valence-electron chi connectivity index (χ0n) is 13.3. The number of ether oxygens (including phenoxy) is 1. The number of aryl methyl sites for hydroxylation is 1. The molecule has 1 heterocycles. The van der Waals surface area contributed by atoms with Crippen molar-refractivity contribution < 1.29 is 9.53 Å². The monoisotopic (exact) mass is 433 g/mol. The van der Waals surface area contributed by atoms with Crippen molar-refractivity contribution >= 4 is 34.3 Å². The normalized spacial score (nSPS) is 10.5. The number of aromatic nitrogens is 2. The first kappa shape index (κ1) is 16.5. The minimum Gasteiger partial charge on any atom is -0.496 e. The molecule has 0 spiro atoms. The first-order chi connectivity index (χ1) is 11.6. The van der Waals surface area contributed by atoms with E-state index in [9.17, 15) is 4.79 Å². The number of para-hydroxylation sites is 1. The molecule has 0 fully saturated rings. The van der Waals surface area contributed by atoms with Crippen molar-refractivity contribution in [1.82, 2.24) is 10.2 Å². The van der Waals surface area contributed by atoms with E-state index in [0.717, 1.165) is 26.1 Å². The highest BCUT2D eigenvalue weighted by atomic mass is 127. The van der Waals surface area contributed by atoms with Gasteiger partial charge in [0, 0.05) is 15.2 Å². The second-order valence-electron chi connectivity index (χ2n) is 5.26. The molecule has 0 aliphatic carbocycles. The number of rotatable bonds is 4. The lowest BCUT2D eigenvalue weighted by atomic mass is 10.1. The Hall–Kier alpha value is -2.35. The van der Waals surface area contributed by atoms with Crippen LogP contribution in [0, 0.1) is 10.5 Å². The number of carbonyl (C=O) groups is 1. The maximum absolute atomic E-state index is 12.5. The Morgan fingerprint density at radius 2 is 2.00 bits per heavy atom. The maximum Gasteiger partial charge on any atom is 0.257 e. The molecule has 0 aliphatic heterocycles. The van der Waals surface area contributed by atoms with Gasteiger partial charge in [0.25, 0.3) is 5.91 Å². The molecule has 2 N–H and O–H groups in total. The fourth-order valence-corrected chi connectivity index (χ4v) is 3.00. The molecule has 0 saturated carbocycles. The van der Waals surface area contributed by atoms with E-state index in [-0.39, 0.29) is 5.91 Å². The van der Waals surface area contributed by atoms with Crippen LogP contribution in [0.1, 0.15) is 15.9 Å². The van der Waals surface area contributed by atoms with Crippen molar-refractivity contribution in [3.8, 4) is 17.0 Å². The topological polar surface area (TPSA) is 67.0 Å². The molecule has 0 atom stereocenters. The van der Waals surface area contributed by atoms with Crippen LogP contribution in [0.15, 0.2) is 48.5 Å². The number of anilines is 1. The summed E-state index contributed by atoms with van der Waals surface area (Å²) < 4.78 is 6.29. The summed E-state index contributed by atoms with van der Waals surface area (Å²) in [6, 6.07) is 15.1. The van der Waals surface area contributed by atoms with Gasteiger partial charge in [-0.2, -0.15) is 5.10 Å². The molecule has 1 aromatic heterocycles. The molecule has 0 radical (unpaired) electrons. The maximum atomic E-state index is 12.5. The van der Waals surface area contributed by atoms with Gasteiger partial charge in [-0.3, -0.25) is 9.89 Å². The van der Waals surface area contributed by atoms with Gasteiger partial charge in [0.05, 0.1) is 18.4 Å². The van der Waals surface area contributed by atoms with Gasteiger partial charge in [0.1, 0.15) is 5.75 Å². The van der Waals surface area contributed by atoms with Crippen LogP contribution >= 0.6 is 22.6 Å². The highest BCUT2D eigenvalue weighted by molar-refractivity contribution is 14.1. The number of amides is 1. The molecule has 24 heavy (non-hydrogen) atoms. The van der Waals surface area contributed by atoms with Crippen LogP contribution in [0.4, 0.5) is 5.82 Å². The summed E-state index contributed by atoms with van der Waals surface area (Å²) in [4.78, 5) is 12.5. The molecule has 3 rings (SSSR count). The minimum atomic E-state index is -0.179. The second-order valence-corrected chi connectivity index (χ2v) is 6.34. The summed E-state index contributed by atoms with van der Waals surface area (Å²) in [5.41, 5.74) is 3.37. The lowest BCUT2D eigenvalue weighted by Crippen LogP contribution is -2.14. The first-order valence-electron chi connectivity index (χ1n) is 7.35. The summed E-state index contributed by atoms with van der Waals surface area (Å²) in [5, 5.41) is 9.93. The Labute approximate surface area is 153 Å². The first-order valence-corrected chi connectivity index (χ1v) is 8.43. The fraction of sp³-hybridized carbons (Fsp3) is 0.111. The molecular formula is C18H16IN3O2. The Morgan fingerprint density at radius 3 is 2.79 bits per heavy atom. The Bertz CT molecular complexity index is 889. The van der Waals surface area contributed by atoms with Gasteiger partial charge >= 0.3 is 0 Å². The van der Waals surface area contributed by atoms with Crippen molar-refractivity contribution in [1.29, 1.82) is 0 Å². The highest BCUT2D eigenvalue weighted by Gasteiger charge is 2.14. The van der Waals surface area contributed by atoms with Gasteiger partial charge in [-0.15, -0.1) is 0 Å². The Morgan fingerprint density at radius 1 is 1.21 bits per heavy atom. The lowest BCUT2D eigenvalue weighted by molar-refractivity contribution is 0.102. The van der Waals surface area contributed by atoms with Crippen LogP contribution in [0.3, 0.4) is 0 Å². The molecule has 0 unspecified atom stereocenters. The van der Waals surface area contributed by atoms with Crippen LogP contribution in [0.2, 0.25) is 0 Å². The summed E-state index contributed by atoms with van der Waals surface area (Å²) in [7, 11) is 1.62. The average molecular weight is 433 g/mol. The van der Waals surface area contributed by atoms with Gasteiger partial charge in [-0.1, -0.05) is 24.3 Å². The van der Waals surface area contributed by atoms with Crippen molar-refractivity contribution in [2.24, 2.45) is 0 Å². The quantitative estimate of drug-likeness (QED) is 0.605. The molecule has 122 valence electrons. The molecule has 6 heteroatoms. The lowest BCUT2D eigenvalue weighted by Gasteiger charge is -2.06. The predicted molar refractivity (Wildman–Crippen MR) is 102 cm³/mol. The van der Waals surface area contributed by atoms with E-state index >= 15 is 0 Å². The third-order valence-electron chi connectivity index (χ3n) is 3.65. The number of benzene rings is 2. The van der Waals surface area contributed by atoms with E-state index in [2.05, 4.69) is 38.1 Å². The Kier molecular flexibility index (Phi) is 4.84. The van der Waals surface area contributed by atoms with Crippen LogP contribution in [-0.4, -0.2) is 23.2 Å². The standard InChI is InChI=1S/C18H16IN3O2/c1-11-6-5-8-13(17(11)19)18(23)20-16-10-14(21-22-16)12-7-3-4-9-15(12)24-2/h3-10H,1-2H3,(H2,20,21,22,23). The van der Waals surface area contributed by atoms with Crippen LogP contribution in [0.25, 0.3) is 11.3 Å². The third kappa shape index (κ3) is 3.28. The molecular weight excluding hydrogens is 417 g/mol. The fourth-order valence-electron chi connectivity index (χ4n) is 2.40. The zero-order valence-corrected chi connectivity index (χ0v) is 15.4. The number of hydrogen-bond acceptors (Lipinski definition) is 3. The molecule has 0 saturated heterocycles. The van der Waals surface area contributed by atoms with Crippen LogP contribution in [-0.2, 0) is 0 Å². The zero-order chi connectivity index (χ0) is 17.1. The van der Waals surface area contributed by atoms with Crippen LogP contribution < -0.4 is 10.1 Å². The molecule has 2 aromatic carbocycles. The van der Waals surface area contributed by atoms with Crippen molar-refractivity contribution in [2.45, 2.75) is 6.92 Å². The molecule has 3 aromatic rings. The van der Waals surface area contributed by atoms with E-state index in [1.54, 1.807) is 19.2 Å². The number of H-pyrrole nitrogens is 1. The predicted octanol–water partition coefficient (Wildman–Crippen LogP) is 4.25. The van der Waals surface area contributed by atoms with E-state index in [1.165, 1.54) is 0 Å². The number of hydrogen-bond donors (Lipinski definition) is 2. The molecule has 0 bridgehead atoms. The number of nitrogens with one attached hydrogen (secondary N) is 2. The van der Waals surface area contributed by atoms with E-state index in [0.29, 0.717) is 11.4 Å². The summed E-state index contributed by atoms with van der Waals surface area (Å²) in [6.07, 6.45) is 0. The van der Waals surface area contributed by atoms with E-state index < -0.39 is 0 Å². The number of carbonyl (C=O) groups excluding carboxylic acids is 1. The van der Waals surface area contributed by atoms with Gasteiger partial charge in [0.2, 0.25) is 0 Å². The van der Waals surface area contributed by atoms with E-state index in [1.807, 2.05) is 43.3 Å². The number of aromatic amines is 1.